The lowest BCUT2D eigenvalue weighted by Gasteiger charge is -2.46. The van der Waals surface area contributed by atoms with E-state index in [0.717, 1.165) is 11.3 Å². The zero-order chi connectivity index (χ0) is 49.9. The SMILES string of the molecule is COc1ccc(COC[C@H](C)[C@H]2O[C@]2(C)[C@@H](O[Si](C)(C)C(C)(C)C)[C@@H](CO[Si](C)(C)C(C)(C)C)C(=O)[C@H](CO[Si](C)(C)C(C)(C)C)[C@@H](CC(=O)N(C)OC)O[Si](C)(C)C(C)(C)C)cc1. The van der Waals surface area contributed by atoms with E-state index in [2.05, 4.69) is 149 Å². The van der Waals surface area contributed by atoms with Gasteiger partial charge in [0.1, 0.15) is 17.1 Å². The summed E-state index contributed by atoms with van der Waals surface area (Å²) in [5, 5.41) is 0.590. The molecule has 11 nitrogen and oxygen atoms in total. The van der Waals surface area contributed by atoms with E-state index >= 15 is 4.79 Å². The molecule has 0 radical (unpaired) electrons. The predicted octanol–water partition coefficient (Wildman–Crippen LogP) is 12.0. The second-order valence-corrected chi connectivity index (χ2v) is 43.9. The maximum atomic E-state index is 16.4. The van der Waals surface area contributed by atoms with Crippen molar-refractivity contribution in [3.8, 4) is 5.75 Å². The minimum atomic E-state index is -2.59. The molecule has 1 aliphatic rings. The minimum Gasteiger partial charge on any atom is -0.497 e. The molecule has 1 saturated heterocycles. The molecule has 0 spiro atoms. The van der Waals surface area contributed by atoms with Crippen molar-refractivity contribution in [2.24, 2.45) is 17.8 Å². The third-order valence-electron chi connectivity index (χ3n) is 15.7. The van der Waals surface area contributed by atoms with Gasteiger partial charge in [0.05, 0.1) is 64.0 Å². The molecule has 1 aromatic rings. The molecule has 0 bridgehead atoms. The summed E-state index contributed by atoms with van der Waals surface area (Å²) >= 11 is 0. The fourth-order valence-corrected chi connectivity index (χ4v) is 11.4. The number of epoxide rings is 1. The van der Waals surface area contributed by atoms with Gasteiger partial charge in [-0.25, -0.2) is 5.06 Å². The van der Waals surface area contributed by atoms with Crippen molar-refractivity contribution in [1.29, 1.82) is 0 Å². The van der Waals surface area contributed by atoms with Crippen molar-refractivity contribution >= 4 is 45.0 Å². The summed E-state index contributed by atoms with van der Waals surface area (Å²) in [5.74, 6) is -1.19. The first-order valence-corrected chi connectivity index (χ1v) is 35.2. The average Bonchev–Trinajstić information content (AvgIpc) is 3.84. The summed E-state index contributed by atoms with van der Waals surface area (Å²) in [4.78, 5) is 35.8. The topological polar surface area (TPSA) is 115 Å². The van der Waals surface area contributed by atoms with Crippen molar-refractivity contribution in [3.63, 3.8) is 0 Å². The molecule has 7 atom stereocenters. The lowest BCUT2D eigenvalue weighted by atomic mass is 9.79. The van der Waals surface area contributed by atoms with Gasteiger partial charge in [0.2, 0.25) is 5.91 Å². The number of Topliss-reactive ketones (excluding diaryl/α,β-unsaturated/α-hetero) is 1. The van der Waals surface area contributed by atoms with Crippen molar-refractivity contribution in [2.75, 3.05) is 41.1 Å². The average molecular weight is 971 g/mol. The Kier molecular flexibility index (Phi) is 19.9. The minimum absolute atomic E-state index is 0.0135. The summed E-state index contributed by atoms with van der Waals surface area (Å²) in [6.45, 7) is 49.5. The van der Waals surface area contributed by atoms with E-state index in [1.807, 2.05) is 24.3 Å². The van der Waals surface area contributed by atoms with Crippen molar-refractivity contribution < 1.29 is 46.3 Å². The molecule has 1 aromatic carbocycles. The molecule has 2 rings (SSSR count). The highest BCUT2D eigenvalue weighted by atomic mass is 28.4. The molecular formula is C49H95NO10Si4. The van der Waals surface area contributed by atoms with Crippen LogP contribution in [0.5, 0.6) is 5.75 Å². The Morgan fingerprint density at radius 3 is 1.55 bits per heavy atom. The van der Waals surface area contributed by atoms with Gasteiger partial charge in [-0.1, -0.05) is 102 Å². The van der Waals surface area contributed by atoms with Gasteiger partial charge in [0.25, 0.3) is 0 Å². The number of nitrogens with zero attached hydrogens (tertiary/aromatic N) is 1. The molecule has 372 valence electrons. The summed E-state index contributed by atoms with van der Waals surface area (Å²) < 4.78 is 47.5. The maximum Gasteiger partial charge on any atom is 0.248 e. The quantitative estimate of drug-likeness (QED) is 0.0563. The number of ether oxygens (including phenoxy) is 3. The summed E-state index contributed by atoms with van der Waals surface area (Å²) in [5.41, 5.74) is 0.207. The highest BCUT2D eigenvalue weighted by Crippen LogP contribution is 2.52. The van der Waals surface area contributed by atoms with E-state index in [0.29, 0.717) is 13.2 Å². The van der Waals surface area contributed by atoms with Gasteiger partial charge in [0.15, 0.2) is 33.3 Å². The maximum absolute atomic E-state index is 16.4. The number of rotatable bonds is 24. The highest BCUT2D eigenvalue weighted by molar-refractivity contribution is 6.75. The first-order valence-electron chi connectivity index (χ1n) is 23.6. The van der Waals surface area contributed by atoms with Crippen LogP contribution in [0.25, 0.3) is 0 Å². The summed E-state index contributed by atoms with van der Waals surface area (Å²) in [6, 6.07) is 7.90. The lowest BCUT2D eigenvalue weighted by Crippen LogP contribution is -2.57. The fourth-order valence-electron chi connectivity index (χ4n) is 6.63. The van der Waals surface area contributed by atoms with Crippen LogP contribution in [0.4, 0.5) is 0 Å². The van der Waals surface area contributed by atoms with Crippen LogP contribution in [0.3, 0.4) is 0 Å². The Morgan fingerprint density at radius 2 is 1.12 bits per heavy atom. The van der Waals surface area contributed by atoms with Crippen LogP contribution >= 0.6 is 0 Å². The molecule has 0 saturated carbocycles. The highest BCUT2D eigenvalue weighted by Gasteiger charge is 2.65. The summed E-state index contributed by atoms with van der Waals surface area (Å²) in [7, 11) is -5.30. The third kappa shape index (κ3) is 15.1. The standard InChI is InChI=1S/C49H95NO10Si4/c1-35(31-55-32-36-26-28-37(53-16)29-27-36)43-49(14,58-43)44(60-64(24,25)48(11,12)13)39(34-57-62(20,21)46(5,6)7)42(52)38(33-56-61(18,19)45(2,3)4)40(30-41(51)50(15)54-17)59-63(22,23)47(8,9)10/h26-29,35,38-40,43-44H,30-34H2,1-25H3/t35-,38+,39-,40+,43+,44-,49-/m0/s1. The van der Waals surface area contributed by atoms with Crippen LogP contribution in [-0.4, -0.2) is 115 Å². The molecule has 0 aromatic heterocycles. The van der Waals surface area contributed by atoms with Gasteiger partial charge in [-0.15, -0.1) is 0 Å². The van der Waals surface area contributed by atoms with Gasteiger partial charge in [-0.2, -0.15) is 0 Å². The molecule has 1 aliphatic heterocycles. The molecule has 1 heterocycles. The number of carbonyl (C=O) groups is 2. The zero-order valence-corrected chi connectivity index (χ0v) is 49.3. The third-order valence-corrected chi connectivity index (χ3v) is 33.6. The molecule has 1 amide bonds. The molecular weight excluding hydrogens is 875 g/mol. The van der Waals surface area contributed by atoms with Crippen LogP contribution in [0.15, 0.2) is 24.3 Å². The smallest absolute Gasteiger partial charge is 0.248 e. The predicted molar refractivity (Wildman–Crippen MR) is 272 cm³/mol. The van der Waals surface area contributed by atoms with E-state index in [4.69, 9.17) is 36.8 Å². The van der Waals surface area contributed by atoms with Gasteiger partial charge in [-0.3, -0.25) is 14.4 Å². The van der Waals surface area contributed by atoms with Crippen LogP contribution in [0.2, 0.25) is 72.5 Å². The second kappa shape index (κ2) is 21.6. The van der Waals surface area contributed by atoms with Gasteiger partial charge < -0.3 is 31.9 Å². The Hall–Kier alpha value is -1.25. The Labute approximate surface area is 395 Å². The molecule has 15 heteroatoms. The largest absolute Gasteiger partial charge is 0.497 e. The summed E-state index contributed by atoms with van der Waals surface area (Å²) in [6.07, 6.45) is -1.79. The molecule has 0 unspecified atom stereocenters. The van der Waals surface area contributed by atoms with Crippen molar-refractivity contribution in [3.05, 3.63) is 29.8 Å². The number of benzene rings is 1. The monoisotopic (exact) mass is 970 g/mol. The van der Waals surface area contributed by atoms with Gasteiger partial charge in [-0.05, 0) is 97.1 Å². The van der Waals surface area contributed by atoms with E-state index in [1.165, 1.54) is 12.2 Å². The Morgan fingerprint density at radius 1 is 0.688 bits per heavy atom. The molecule has 0 N–H and O–H groups in total. The number of ketones is 1. The molecule has 64 heavy (non-hydrogen) atoms. The van der Waals surface area contributed by atoms with Crippen LogP contribution in [-0.2, 0) is 48.2 Å². The number of amides is 1. The number of methoxy groups -OCH3 is 1. The molecule has 0 aliphatic carbocycles. The number of hydrogen-bond acceptors (Lipinski definition) is 10. The van der Waals surface area contributed by atoms with E-state index in [-0.39, 0.29) is 63.5 Å². The first kappa shape index (κ1) is 58.9. The van der Waals surface area contributed by atoms with E-state index in [1.54, 1.807) is 14.2 Å². The fraction of sp³-hybridized carbons (Fsp3) is 0.837. The number of carbonyl (C=O) groups excluding carboxylic acids is 2. The number of hydrogen-bond donors (Lipinski definition) is 0. The van der Waals surface area contributed by atoms with E-state index in [9.17, 15) is 4.79 Å². The second-order valence-electron chi connectivity index (χ2n) is 24.8. The molecule has 1 fully saturated rings. The van der Waals surface area contributed by atoms with Gasteiger partial charge >= 0.3 is 0 Å². The van der Waals surface area contributed by atoms with Crippen LogP contribution in [0, 0.1) is 17.8 Å². The van der Waals surface area contributed by atoms with Crippen LogP contribution < -0.4 is 4.74 Å². The van der Waals surface area contributed by atoms with E-state index < -0.39 is 62.9 Å². The zero-order valence-electron chi connectivity index (χ0n) is 45.3. The Bertz CT molecular complexity index is 1660. The normalized spacial score (nSPS) is 20.6. The number of hydroxylamine groups is 2. The Balaban J connectivity index is 2.91. The van der Waals surface area contributed by atoms with Crippen molar-refractivity contribution in [1.82, 2.24) is 5.06 Å². The lowest BCUT2D eigenvalue weighted by molar-refractivity contribution is -0.171. The van der Waals surface area contributed by atoms with Crippen molar-refractivity contribution in [2.45, 2.75) is 206 Å². The first-order chi connectivity index (χ1) is 28.7. The van der Waals surface area contributed by atoms with Gasteiger partial charge in [0, 0.05) is 26.2 Å². The van der Waals surface area contributed by atoms with Crippen LogP contribution in [0.1, 0.15) is 109 Å².